The Labute approximate surface area is 143 Å². The lowest BCUT2D eigenvalue weighted by molar-refractivity contribution is -0.164. The van der Waals surface area contributed by atoms with E-state index in [1.807, 2.05) is 0 Å². The van der Waals surface area contributed by atoms with E-state index in [0.717, 1.165) is 7.11 Å². The van der Waals surface area contributed by atoms with Crippen LogP contribution >= 0.6 is 0 Å². The molecular formula is C14H27NO8S. The first-order chi connectivity index (χ1) is 10.8. The van der Waals surface area contributed by atoms with Gasteiger partial charge in [-0.15, -0.1) is 0 Å². The van der Waals surface area contributed by atoms with Gasteiger partial charge in [-0.2, -0.15) is 8.42 Å². The highest BCUT2D eigenvalue weighted by Gasteiger charge is 2.31. The molecule has 2 atom stereocenters. The maximum absolute atomic E-state index is 12.0. The summed E-state index contributed by atoms with van der Waals surface area (Å²) in [5.74, 6) is -2.37. The third kappa shape index (κ3) is 8.37. The van der Waals surface area contributed by atoms with Crippen molar-refractivity contribution in [3.8, 4) is 0 Å². The summed E-state index contributed by atoms with van der Waals surface area (Å²) in [6.07, 6.45) is -2.57. The average molecular weight is 369 g/mol. The van der Waals surface area contributed by atoms with Crippen molar-refractivity contribution in [1.29, 1.82) is 0 Å². The lowest BCUT2D eigenvalue weighted by atomic mass is 10.1. The number of hydrogen-bond acceptors (Lipinski definition) is 8. The van der Waals surface area contributed by atoms with Gasteiger partial charge in [0.1, 0.15) is 0 Å². The van der Waals surface area contributed by atoms with Gasteiger partial charge in [0.05, 0.1) is 24.8 Å². The van der Waals surface area contributed by atoms with E-state index in [1.165, 1.54) is 34.8 Å². The van der Waals surface area contributed by atoms with Gasteiger partial charge < -0.3 is 14.8 Å². The van der Waals surface area contributed by atoms with Gasteiger partial charge in [0.2, 0.25) is 5.91 Å². The van der Waals surface area contributed by atoms with Crippen LogP contribution in [0, 0.1) is 0 Å². The Hall–Kier alpha value is -1.52. The minimum Gasteiger partial charge on any atom is -0.452 e. The van der Waals surface area contributed by atoms with E-state index in [4.69, 9.17) is 9.47 Å². The van der Waals surface area contributed by atoms with E-state index < -0.39 is 57.7 Å². The Morgan fingerprint density at radius 3 is 2.17 bits per heavy atom. The summed E-state index contributed by atoms with van der Waals surface area (Å²) >= 11 is 0. The Bertz CT molecular complexity index is 575. The normalized spacial score (nSPS) is 14.6. The first-order valence-corrected chi connectivity index (χ1v) is 8.74. The number of carbonyl (C=O) groups is 3. The molecule has 0 aliphatic heterocycles. The number of esters is 1. The van der Waals surface area contributed by atoms with Gasteiger partial charge in [0.25, 0.3) is 10.1 Å². The smallest absolute Gasteiger partial charge is 0.335 e. The molecule has 142 valence electrons. The van der Waals surface area contributed by atoms with Crippen LogP contribution in [0.25, 0.3) is 0 Å². The zero-order chi connectivity index (χ0) is 19.1. The van der Waals surface area contributed by atoms with E-state index in [9.17, 15) is 22.8 Å². The topological polar surface area (TPSA) is 125 Å². The summed E-state index contributed by atoms with van der Waals surface area (Å²) in [6.45, 7) is 5.61. The van der Waals surface area contributed by atoms with E-state index >= 15 is 0 Å². The predicted octanol–water partition coefficient (Wildman–Crippen LogP) is 0.0292. The molecule has 0 saturated carbocycles. The fourth-order valence-corrected chi connectivity index (χ4v) is 2.81. The van der Waals surface area contributed by atoms with E-state index in [0.29, 0.717) is 0 Å². The number of rotatable bonds is 10. The SMILES string of the molecule is COC(C)C(=O)OC(CC(=O)NC(C)(C)CS(=O)(=O)OC)C(C)=O.[HH]. The van der Waals surface area contributed by atoms with Crippen molar-refractivity contribution in [3.63, 3.8) is 0 Å². The van der Waals surface area contributed by atoms with Gasteiger partial charge in [0, 0.05) is 8.54 Å². The molecule has 0 rings (SSSR count). The molecule has 9 nitrogen and oxygen atoms in total. The van der Waals surface area contributed by atoms with Crippen molar-refractivity contribution < 1.29 is 37.9 Å². The van der Waals surface area contributed by atoms with Gasteiger partial charge in [-0.1, -0.05) is 0 Å². The Kier molecular flexibility index (Phi) is 8.52. The molecule has 10 heteroatoms. The van der Waals surface area contributed by atoms with Crippen LogP contribution in [0.3, 0.4) is 0 Å². The zero-order valence-electron chi connectivity index (χ0n) is 14.7. The highest BCUT2D eigenvalue weighted by atomic mass is 32.2. The van der Waals surface area contributed by atoms with Crippen LogP contribution in [0.5, 0.6) is 0 Å². The number of hydrogen-bond donors (Lipinski definition) is 1. The molecule has 0 aromatic rings. The fraction of sp³-hybridized carbons (Fsp3) is 0.786. The summed E-state index contributed by atoms with van der Waals surface area (Å²) in [7, 11) is -1.46. The number of methoxy groups -OCH3 is 1. The van der Waals surface area contributed by atoms with Crippen LogP contribution in [0.15, 0.2) is 0 Å². The van der Waals surface area contributed by atoms with Crippen LogP contribution in [-0.4, -0.2) is 63.8 Å². The second-order valence-corrected chi connectivity index (χ2v) is 7.66. The summed E-state index contributed by atoms with van der Waals surface area (Å²) in [5, 5.41) is 2.48. The number of carbonyl (C=O) groups excluding carboxylic acids is 3. The second-order valence-electron chi connectivity index (χ2n) is 5.92. The van der Waals surface area contributed by atoms with Crippen LogP contribution in [0.1, 0.15) is 35.5 Å². The number of nitrogens with one attached hydrogen (secondary N) is 1. The van der Waals surface area contributed by atoms with E-state index in [1.54, 1.807) is 0 Å². The molecule has 0 bridgehead atoms. The van der Waals surface area contributed by atoms with E-state index in [2.05, 4.69) is 9.50 Å². The van der Waals surface area contributed by atoms with Crippen LogP contribution in [0.4, 0.5) is 0 Å². The Morgan fingerprint density at radius 2 is 1.75 bits per heavy atom. The van der Waals surface area contributed by atoms with Crippen molar-refractivity contribution in [1.82, 2.24) is 5.32 Å². The van der Waals surface area contributed by atoms with Gasteiger partial charge in [-0.05, 0) is 27.7 Å². The van der Waals surface area contributed by atoms with Gasteiger partial charge in [-0.25, -0.2) is 4.79 Å². The number of Topliss-reactive ketones (excluding diaryl/α,β-unsaturated/α-hetero) is 1. The minimum absolute atomic E-state index is 0. The standard InChI is InChI=1S/C14H25NO8S.H2/c1-9(16)11(23-13(18)10(2)21-5)7-12(17)15-14(3,4)8-24(19,20)22-6;/h10-11H,7-8H2,1-6H3,(H,15,17);1H. The molecule has 0 aromatic carbocycles. The number of amides is 1. The summed E-state index contributed by atoms with van der Waals surface area (Å²) in [4.78, 5) is 35.3. The maximum Gasteiger partial charge on any atom is 0.335 e. The summed E-state index contributed by atoms with van der Waals surface area (Å²) in [5.41, 5.74) is -1.13. The molecular weight excluding hydrogens is 342 g/mol. The third-order valence-corrected chi connectivity index (χ3v) is 4.62. The summed E-state index contributed by atoms with van der Waals surface area (Å²) in [6, 6.07) is 0. The van der Waals surface area contributed by atoms with E-state index in [-0.39, 0.29) is 1.43 Å². The predicted molar refractivity (Wildman–Crippen MR) is 86.8 cm³/mol. The van der Waals surface area contributed by atoms with Crippen molar-refractivity contribution in [2.45, 2.75) is 51.9 Å². The van der Waals surface area contributed by atoms with Crippen molar-refractivity contribution in [2.75, 3.05) is 20.0 Å². The molecule has 0 radical (unpaired) electrons. The molecule has 1 amide bonds. The first-order valence-electron chi connectivity index (χ1n) is 7.16. The lowest BCUT2D eigenvalue weighted by Gasteiger charge is -2.26. The highest BCUT2D eigenvalue weighted by molar-refractivity contribution is 7.86. The monoisotopic (exact) mass is 369 g/mol. The van der Waals surface area contributed by atoms with Crippen LogP contribution in [0.2, 0.25) is 0 Å². The van der Waals surface area contributed by atoms with Crippen molar-refractivity contribution in [3.05, 3.63) is 0 Å². The van der Waals surface area contributed by atoms with Gasteiger partial charge >= 0.3 is 5.97 Å². The fourth-order valence-electron chi connectivity index (χ4n) is 1.73. The molecule has 24 heavy (non-hydrogen) atoms. The molecule has 0 saturated heterocycles. The van der Waals surface area contributed by atoms with Crippen molar-refractivity contribution >= 4 is 27.8 Å². The van der Waals surface area contributed by atoms with Crippen LogP contribution in [-0.2, 0) is 38.2 Å². The minimum atomic E-state index is -3.78. The zero-order valence-corrected chi connectivity index (χ0v) is 15.6. The average Bonchev–Trinajstić information content (AvgIpc) is 2.43. The number of ketones is 1. The second kappa shape index (κ2) is 9.09. The molecule has 0 aromatic heterocycles. The largest absolute Gasteiger partial charge is 0.452 e. The van der Waals surface area contributed by atoms with Gasteiger partial charge in [-0.3, -0.25) is 13.8 Å². The van der Waals surface area contributed by atoms with Crippen molar-refractivity contribution in [2.24, 2.45) is 0 Å². The molecule has 0 fully saturated rings. The summed E-state index contributed by atoms with van der Waals surface area (Å²) < 4.78 is 37.0. The quantitative estimate of drug-likeness (QED) is 0.422. The molecule has 2 unspecified atom stereocenters. The Morgan fingerprint density at radius 1 is 1.21 bits per heavy atom. The first kappa shape index (κ1) is 22.5. The molecule has 0 aliphatic rings. The number of ether oxygens (including phenoxy) is 2. The highest BCUT2D eigenvalue weighted by Crippen LogP contribution is 2.10. The third-order valence-electron chi connectivity index (χ3n) is 3.04. The lowest BCUT2D eigenvalue weighted by Crippen LogP contribution is -2.49. The molecule has 0 spiro atoms. The Balaban J connectivity index is 0. The molecule has 1 N–H and O–H groups in total. The van der Waals surface area contributed by atoms with Crippen LogP contribution < -0.4 is 5.32 Å². The molecule has 0 heterocycles. The van der Waals surface area contributed by atoms with Gasteiger partial charge in [0.15, 0.2) is 18.0 Å². The molecule has 0 aliphatic carbocycles. The maximum atomic E-state index is 12.0.